The van der Waals surface area contributed by atoms with E-state index in [9.17, 15) is 13.6 Å². The molecule has 3 nitrogen and oxygen atoms in total. The Morgan fingerprint density at radius 3 is 2.38 bits per heavy atom. The molecular formula is C21H21F2NO2. The van der Waals surface area contributed by atoms with E-state index in [2.05, 4.69) is 0 Å². The minimum Gasteiger partial charge on any atom is -0.381 e. The van der Waals surface area contributed by atoms with Crippen molar-refractivity contribution in [3.63, 3.8) is 0 Å². The molecule has 1 fully saturated rings. The van der Waals surface area contributed by atoms with Gasteiger partial charge in [0.15, 0.2) is 0 Å². The van der Waals surface area contributed by atoms with Crippen molar-refractivity contribution in [2.45, 2.75) is 31.2 Å². The van der Waals surface area contributed by atoms with Crippen LogP contribution in [-0.4, -0.2) is 30.6 Å². The first-order chi connectivity index (χ1) is 12.6. The van der Waals surface area contributed by atoms with Gasteiger partial charge < -0.3 is 9.64 Å². The van der Waals surface area contributed by atoms with Crippen molar-refractivity contribution >= 4 is 5.91 Å². The van der Waals surface area contributed by atoms with Crippen LogP contribution in [0.5, 0.6) is 0 Å². The van der Waals surface area contributed by atoms with Gasteiger partial charge in [-0.2, -0.15) is 0 Å². The fourth-order valence-electron chi connectivity index (χ4n) is 4.12. The monoisotopic (exact) mass is 357 g/mol. The van der Waals surface area contributed by atoms with Gasteiger partial charge in [-0.1, -0.05) is 18.2 Å². The molecule has 2 aromatic rings. The zero-order chi connectivity index (χ0) is 18.1. The second-order valence-electron chi connectivity index (χ2n) is 7.09. The molecule has 1 amide bonds. The maximum atomic E-state index is 13.6. The predicted molar refractivity (Wildman–Crippen MR) is 93.7 cm³/mol. The molecule has 2 heterocycles. The summed E-state index contributed by atoms with van der Waals surface area (Å²) in [6.45, 7) is 2.03. The quantitative estimate of drug-likeness (QED) is 0.822. The molecule has 0 radical (unpaired) electrons. The third-order valence-electron chi connectivity index (χ3n) is 5.62. The lowest BCUT2D eigenvalue weighted by atomic mass is 9.72. The Morgan fingerprint density at radius 2 is 1.65 bits per heavy atom. The van der Waals surface area contributed by atoms with Crippen molar-refractivity contribution in [2.24, 2.45) is 0 Å². The van der Waals surface area contributed by atoms with Gasteiger partial charge in [0, 0.05) is 26.3 Å². The van der Waals surface area contributed by atoms with Crippen molar-refractivity contribution in [1.82, 2.24) is 4.90 Å². The van der Waals surface area contributed by atoms with Crippen LogP contribution in [0.2, 0.25) is 0 Å². The minimum absolute atomic E-state index is 0.0299. The largest absolute Gasteiger partial charge is 0.381 e. The van der Waals surface area contributed by atoms with E-state index in [0.29, 0.717) is 39.1 Å². The third-order valence-corrected chi connectivity index (χ3v) is 5.62. The number of hydrogen-bond donors (Lipinski definition) is 0. The highest BCUT2D eigenvalue weighted by Gasteiger charge is 2.44. The van der Waals surface area contributed by atoms with Gasteiger partial charge in [-0.05, 0) is 60.2 Å². The van der Waals surface area contributed by atoms with Crippen molar-refractivity contribution < 1.29 is 18.3 Å². The number of amides is 1. The Labute approximate surface area is 151 Å². The summed E-state index contributed by atoms with van der Waals surface area (Å²) in [4.78, 5) is 15.4. The average Bonchev–Trinajstić information content (AvgIpc) is 2.68. The molecule has 26 heavy (non-hydrogen) atoms. The van der Waals surface area contributed by atoms with Crippen LogP contribution in [0.15, 0.2) is 42.5 Å². The molecule has 1 saturated heterocycles. The molecule has 2 aliphatic rings. The van der Waals surface area contributed by atoms with Crippen LogP contribution in [0.1, 0.15) is 29.5 Å². The van der Waals surface area contributed by atoms with Crippen molar-refractivity contribution in [1.29, 1.82) is 0 Å². The molecule has 2 aromatic carbocycles. The van der Waals surface area contributed by atoms with E-state index in [-0.39, 0.29) is 17.5 Å². The summed E-state index contributed by atoms with van der Waals surface area (Å²) < 4.78 is 32.5. The average molecular weight is 357 g/mol. The van der Waals surface area contributed by atoms with Crippen LogP contribution in [0.3, 0.4) is 0 Å². The summed E-state index contributed by atoms with van der Waals surface area (Å²) >= 11 is 0. The van der Waals surface area contributed by atoms with E-state index in [1.54, 1.807) is 18.2 Å². The van der Waals surface area contributed by atoms with Gasteiger partial charge in [0.1, 0.15) is 11.6 Å². The van der Waals surface area contributed by atoms with E-state index in [4.69, 9.17) is 4.74 Å². The lowest BCUT2D eigenvalue weighted by Gasteiger charge is -2.41. The van der Waals surface area contributed by atoms with E-state index < -0.39 is 5.41 Å². The zero-order valence-corrected chi connectivity index (χ0v) is 14.5. The molecular weight excluding hydrogens is 336 g/mol. The number of benzene rings is 2. The summed E-state index contributed by atoms with van der Waals surface area (Å²) in [6.07, 6.45) is 1.87. The first kappa shape index (κ1) is 17.2. The fraction of sp³-hybridized carbons (Fsp3) is 0.381. The van der Waals surface area contributed by atoms with Crippen LogP contribution in [0, 0.1) is 11.6 Å². The van der Waals surface area contributed by atoms with Gasteiger partial charge in [0.2, 0.25) is 5.91 Å². The van der Waals surface area contributed by atoms with Crippen LogP contribution in [-0.2, 0) is 27.9 Å². The molecule has 0 spiro atoms. The first-order valence-corrected chi connectivity index (χ1v) is 8.99. The highest BCUT2D eigenvalue weighted by atomic mass is 19.1. The van der Waals surface area contributed by atoms with Crippen molar-refractivity contribution in [3.8, 4) is 0 Å². The summed E-state index contributed by atoms with van der Waals surface area (Å²) in [6, 6.07) is 11.0. The number of halogens is 2. The number of carbonyl (C=O) groups is 1. The first-order valence-electron chi connectivity index (χ1n) is 8.99. The molecule has 0 unspecified atom stereocenters. The molecule has 136 valence electrons. The van der Waals surface area contributed by atoms with Crippen molar-refractivity contribution in [2.75, 3.05) is 19.8 Å². The maximum absolute atomic E-state index is 13.6. The van der Waals surface area contributed by atoms with E-state index >= 15 is 0 Å². The Balaban J connectivity index is 1.66. The summed E-state index contributed by atoms with van der Waals surface area (Å²) in [5.74, 6) is -0.564. The fourth-order valence-corrected chi connectivity index (χ4v) is 4.12. The standard InChI is InChI=1S/C21H21F2NO2/c22-18-5-2-17(3-6-18)21(8-11-26-12-9-21)20(25)24-10-7-15-1-4-19(23)13-16(15)14-24/h1-6,13H,7-12,14H2. The third kappa shape index (κ3) is 3.01. The molecule has 0 aromatic heterocycles. The molecule has 2 aliphatic heterocycles. The van der Waals surface area contributed by atoms with Crippen LogP contribution in [0.25, 0.3) is 0 Å². The van der Waals surface area contributed by atoms with Gasteiger partial charge in [-0.25, -0.2) is 8.78 Å². The minimum atomic E-state index is -0.698. The number of fused-ring (bicyclic) bond motifs is 1. The number of hydrogen-bond acceptors (Lipinski definition) is 2. The van der Waals surface area contributed by atoms with Crippen LogP contribution in [0.4, 0.5) is 8.78 Å². The van der Waals surface area contributed by atoms with E-state index in [1.807, 2.05) is 4.90 Å². The molecule has 5 heteroatoms. The van der Waals surface area contributed by atoms with Gasteiger partial charge in [-0.3, -0.25) is 4.79 Å². The SMILES string of the molecule is O=C(N1CCc2ccc(F)cc2C1)C1(c2ccc(F)cc2)CCOCC1. The van der Waals surface area contributed by atoms with Gasteiger partial charge >= 0.3 is 0 Å². The maximum Gasteiger partial charge on any atom is 0.233 e. The topological polar surface area (TPSA) is 29.5 Å². The molecule has 0 saturated carbocycles. The van der Waals surface area contributed by atoms with Gasteiger partial charge in [0.05, 0.1) is 5.41 Å². The van der Waals surface area contributed by atoms with Crippen LogP contribution < -0.4 is 0 Å². The van der Waals surface area contributed by atoms with Crippen molar-refractivity contribution in [3.05, 3.63) is 70.8 Å². The number of rotatable bonds is 2. The smallest absolute Gasteiger partial charge is 0.233 e. The number of nitrogens with zero attached hydrogens (tertiary/aromatic N) is 1. The van der Waals surface area contributed by atoms with E-state index in [1.165, 1.54) is 24.3 Å². The number of carbonyl (C=O) groups excluding carboxylic acids is 1. The van der Waals surface area contributed by atoms with Gasteiger partial charge in [0.25, 0.3) is 0 Å². The predicted octanol–water partition coefficient (Wildman–Crippen LogP) is 3.60. The molecule has 0 aliphatic carbocycles. The Morgan fingerprint density at radius 1 is 0.962 bits per heavy atom. The van der Waals surface area contributed by atoms with Gasteiger partial charge in [-0.15, -0.1) is 0 Å². The molecule has 0 N–H and O–H groups in total. The highest BCUT2D eigenvalue weighted by Crippen LogP contribution is 2.38. The summed E-state index contributed by atoms with van der Waals surface area (Å²) in [5, 5.41) is 0. The molecule has 4 rings (SSSR count). The molecule has 0 atom stereocenters. The second-order valence-corrected chi connectivity index (χ2v) is 7.09. The number of ether oxygens (including phenoxy) is 1. The highest BCUT2D eigenvalue weighted by molar-refractivity contribution is 5.88. The Kier molecular flexibility index (Phi) is 4.49. The second kappa shape index (κ2) is 6.80. The lowest BCUT2D eigenvalue weighted by molar-refractivity contribution is -0.142. The Hall–Kier alpha value is -2.27. The van der Waals surface area contributed by atoms with Crippen LogP contribution >= 0.6 is 0 Å². The Bertz CT molecular complexity index is 813. The summed E-state index contributed by atoms with van der Waals surface area (Å²) in [5.41, 5.74) is 2.10. The summed E-state index contributed by atoms with van der Waals surface area (Å²) in [7, 11) is 0. The van der Waals surface area contributed by atoms with E-state index in [0.717, 1.165) is 23.1 Å². The lowest BCUT2D eigenvalue weighted by Crippen LogP contribution is -2.51. The normalized spacial score (nSPS) is 19.1. The molecule has 0 bridgehead atoms. The zero-order valence-electron chi connectivity index (χ0n) is 14.5.